The van der Waals surface area contributed by atoms with Gasteiger partial charge in [-0.15, -0.1) is 11.8 Å². The fourth-order valence-corrected chi connectivity index (χ4v) is 4.89. The number of benzene rings is 1. The molecule has 1 aromatic carbocycles. The molecule has 2 aliphatic heterocycles. The molecule has 176 valence electrons. The van der Waals surface area contributed by atoms with Crippen molar-refractivity contribution in [1.82, 2.24) is 10.2 Å². The molecule has 2 aliphatic rings. The number of anilines is 1. The molecule has 32 heavy (non-hydrogen) atoms. The van der Waals surface area contributed by atoms with Crippen LogP contribution in [0.1, 0.15) is 49.4 Å². The van der Waals surface area contributed by atoms with Gasteiger partial charge in [0.1, 0.15) is 16.4 Å². The highest BCUT2D eigenvalue weighted by molar-refractivity contribution is 8.04. The van der Waals surface area contributed by atoms with E-state index in [0.717, 1.165) is 26.1 Å². The Labute approximate surface area is 199 Å². The summed E-state index contributed by atoms with van der Waals surface area (Å²) in [5.41, 5.74) is 0.730. The number of carbonyl (C=O) groups excluding carboxylic acids is 2. The summed E-state index contributed by atoms with van der Waals surface area (Å²) in [6.07, 6.45) is 6.03. The number of nitrogens with one attached hydrogen (secondary N) is 2. The van der Waals surface area contributed by atoms with E-state index < -0.39 is 0 Å². The van der Waals surface area contributed by atoms with Crippen molar-refractivity contribution in [3.63, 3.8) is 0 Å². The second kappa shape index (κ2) is 12.4. The van der Waals surface area contributed by atoms with Crippen molar-refractivity contribution >= 4 is 40.9 Å². The molecule has 2 N–H and O–H groups in total. The minimum atomic E-state index is -0.290. The summed E-state index contributed by atoms with van der Waals surface area (Å²) in [5.74, 6) is 1.13. The minimum Gasteiger partial charge on any atom is -0.496 e. The van der Waals surface area contributed by atoms with Crippen LogP contribution in [0, 0.1) is 0 Å². The van der Waals surface area contributed by atoms with Gasteiger partial charge in [-0.2, -0.15) is 0 Å². The van der Waals surface area contributed by atoms with Crippen molar-refractivity contribution in [2.24, 2.45) is 0 Å². The van der Waals surface area contributed by atoms with Crippen molar-refractivity contribution in [3.05, 3.63) is 33.4 Å². The summed E-state index contributed by atoms with van der Waals surface area (Å²) in [4.78, 5) is 28.3. The average Bonchev–Trinajstić information content (AvgIpc) is 3.06. The molecule has 1 aromatic rings. The third-order valence-electron chi connectivity index (χ3n) is 5.59. The van der Waals surface area contributed by atoms with Gasteiger partial charge >= 0.3 is 0 Å². The number of hydrogen-bond acceptors (Lipinski definition) is 6. The predicted octanol–water partition coefficient (Wildman–Crippen LogP) is 4.28. The molecule has 9 heteroatoms. The zero-order valence-electron chi connectivity index (χ0n) is 18.8. The largest absolute Gasteiger partial charge is 0.496 e. The number of rotatable bonds is 8. The third kappa shape index (κ3) is 6.80. The summed E-state index contributed by atoms with van der Waals surface area (Å²) >= 11 is 7.83. The summed E-state index contributed by atoms with van der Waals surface area (Å²) in [7, 11) is 1.49. The molecule has 7 nitrogen and oxygen atoms in total. The molecule has 1 fully saturated rings. The summed E-state index contributed by atoms with van der Waals surface area (Å²) in [6, 6.07) is 3.11. The molecule has 0 spiro atoms. The van der Waals surface area contributed by atoms with Crippen LogP contribution in [-0.4, -0.2) is 62.4 Å². The smallest absolute Gasteiger partial charge is 0.265 e. The Balaban J connectivity index is 1.58. The lowest BCUT2D eigenvalue weighted by molar-refractivity contribution is -0.112. The van der Waals surface area contributed by atoms with E-state index in [-0.39, 0.29) is 16.8 Å². The van der Waals surface area contributed by atoms with Gasteiger partial charge in [0.05, 0.1) is 30.0 Å². The molecule has 0 aromatic heterocycles. The first kappa shape index (κ1) is 24.7. The number of thioether (sulfide) groups is 1. The van der Waals surface area contributed by atoms with Gasteiger partial charge in [0, 0.05) is 18.4 Å². The third-order valence-corrected chi connectivity index (χ3v) is 7.04. The fraction of sp³-hybridized carbons (Fsp3) is 0.565. The van der Waals surface area contributed by atoms with Gasteiger partial charge in [0.25, 0.3) is 11.8 Å². The Morgan fingerprint density at radius 2 is 1.94 bits per heavy atom. The highest BCUT2D eigenvalue weighted by atomic mass is 35.5. The summed E-state index contributed by atoms with van der Waals surface area (Å²) in [6.45, 7) is 6.21. The molecule has 0 atom stereocenters. The van der Waals surface area contributed by atoms with E-state index in [1.165, 1.54) is 50.6 Å². The van der Waals surface area contributed by atoms with Gasteiger partial charge < -0.3 is 25.0 Å². The Hall–Kier alpha value is -1.90. The second-order valence-electron chi connectivity index (χ2n) is 7.93. The molecule has 2 amide bonds. The first-order valence-corrected chi connectivity index (χ1v) is 12.5. The molecule has 1 saturated heterocycles. The molecule has 0 bridgehead atoms. The number of amides is 2. The van der Waals surface area contributed by atoms with Gasteiger partial charge in [0.15, 0.2) is 0 Å². The Morgan fingerprint density at radius 3 is 2.62 bits per heavy atom. The van der Waals surface area contributed by atoms with Gasteiger partial charge in [-0.3, -0.25) is 9.59 Å². The van der Waals surface area contributed by atoms with Crippen LogP contribution in [0.3, 0.4) is 0 Å². The van der Waals surface area contributed by atoms with Gasteiger partial charge in [-0.1, -0.05) is 24.4 Å². The van der Waals surface area contributed by atoms with Crippen LogP contribution in [0.4, 0.5) is 5.69 Å². The quantitative estimate of drug-likeness (QED) is 0.539. The molecule has 0 unspecified atom stereocenters. The number of halogens is 1. The molecule has 2 heterocycles. The Kier molecular flexibility index (Phi) is 9.56. The van der Waals surface area contributed by atoms with Gasteiger partial charge in [0.2, 0.25) is 0 Å². The number of nitrogens with zero attached hydrogens (tertiary/aromatic N) is 1. The van der Waals surface area contributed by atoms with Crippen molar-refractivity contribution in [2.75, 3.05) is 51.0 Å². The van der Waals surface area contributed by atoms with E-state index in [1.807, 2.05) is 0 Å². The van der Waals surface area contributed by atoms with Gasteiger partial charge in [-0.05, 0) is 51.9 Å². The van der Waals surface area contributed by atoms with Crippen LogP contribution < -0.4 is 15.4 Å². The number of carbonyl (C=O) groups is 2. The van der Waals surface area contributed by atoms with Crippen LogP contribution in [-0.2, 0) is 9.53 Å². The first-order valence-electron chi connectivity index (χ1n) is 11.2. The maximum atomic E-state index is 12.7. The standard InChI is InChI=1S/C23H32ClN3O4S/c1-16-21(32-13-12-31-16)23(29)26-19-15-20(30-2)17(14-18(19)24)22(28)25-8-7-11-27-9-5-3-4-6-10-27/h14-15H,3-13H2,1-2H3,(H,25,28)(H,26,29). The van der Waals surface area contributed by atoms with Crippen LogP contribution >= 0.6 is 23.4 Å². The minimum absolute atomic E-state index is 0.243. The summed E-state index contributed by atoms with van der Waals surface area (Å²) in [5, 5.41) is 6.03. The first-order chi connectivity index (χ1) is 15.5. The van der Waals surface area contributed by atoms with E-state index in [4.69, 9.17) is 21.1 Å². The van der Waals surface area contributed by atoms with Crippen LogP contribution in [0.2, 0.25) is 5.02 Å². The number of methoxy groups -OCH3 is 1. The lowest BCUT2D eigenvalue weighted by Crippen LogP contribution is -2.30. The van der Waals surface area contributed by atoms with Crippen LogP contribution in [0.25, 0.3) is 0 Å². The van der Waals surface area contributed by atoms with Crippen molar-refractivity contribution in [1.29, 1.82) is 0 Å². The number of likely N-dealkylation sites (tertiary alicyclic amines) is 1. The second-order valence-corrected chi connectivity index (χ2v) is 9.45. The highest BCUT2D eigenvalue weighted by Crippen LogP contribution is 2.33. The van der Waals surface area contributed by atoms with Crippen molar-refractivity contribution < 1.29 is 19.1 Å². The molecule has 0 saturated carbocycles. The van der Waals surface area contributed by atoms with E-state index in [0.29, 0.717) is 46.6 Å². The molecular weight excluding hydrogens is 450 g/mol. The van der Waals surface area contributed by atoms with Crippen LogP contribution in [0.15, 0.2) is 22.8 Å². The Bertz CT molecular complexity index is 854. The monoisotopic (exact) mass is 481 g/mol. The fourth-order valence-electron chi connectivity index (χ4n) is 3.87. The highest BCUT2D eigenvalue weighted by Gasteiger charge is 2.22. The van der Waals surface area contributed by atoms with Crippen LogP contribution in [0.5, 0.6) is 5.75 Å². The molecule has 3 rings (SSSR count). The zero-order valence-corrected chi connectivity index (χ0v) is 20.4. The number of allylic oxidation sites excluding steroid dienone is 1. The maximum Gasteiger partial charge on any atom is 0.265 e. The molecular formula is C23H32ClN3O4S. The normalized spacial score (nSPS) is 17.3. The van der Waals surface area contributed by atoms with E-state index in [1.54, 1.807) is 13.0 Å². The van der Waals surface area contributed by atoms with Crippen molar-refractivity contribution in [2.45, 2.75) is 39.0 Å². The lowest BCUT2D eigenvalue weighted by atomic mass is 10.1. The lowest BCUT2D eigenvalue weighted by Gasteiger charge is -2.20. The SMILES string of the molecule is COc1cc(NC(=O)C2=C(C)OCCS2)c(Cl)cc1C(=O)NCCCN1CCCCCC1. The maximum absolute atomic E-state index is 12.7. The van der Waals surface area contributed by atoms with E-state index >= 15 is 0 Å². The number of hydrogen-bond donors (Lipinski definition) is 2. The van der Waals surface area contributed by atoms with Gasteiger partial charge in [-0.25, -0.2) is 0 Å². The average molecular weight is 482 g/mol. The van der Waals surface area contributed by atoms with E-state index in [9.17, 15) is 9.59 Å². The summed E-state index contributed by atoms with van der Waals surface area (Å²) < 4.78 is 10.9. The predicted molar refractivity (Wildman–Crippen MR) is 130 cm³/mol. The number of ether oxygens (including phenoxy) is 2. The molecule has 0 aliphatic carbocycles. The molecule has 0 radical (unpaired) electrons. The van der Waals surface area contributed by atoms with E-state index in [2.05, 4.69) is 15.5 Å². The topological polar surface area (TPSA) is 79.9 Å². The van der Waals surface area contributed by atoms with Crippen molar-refractivity contribution in [3.8, 4) is 5.75 Å². The zero-order chi connectivity index (χ0) is 22.9. The Morgan fingerprint density at radius 1 is 1.19 bits per heavy atom.